The van der Waals surface area contributed by atoms with Crippen molar-refractivity contribution in [2.24, 2.45) is 0 Å². The van der Waals surface area contributed by atoms with Gasteiger partial charge in [0, 0.05) is 50.6 Å². The second-order valence-electron chi connectivity index (χ2n) is 13.2. The molecule has 1 atom stereocenters. The van der Waals surface area contributed by atoms with Gasteiger partial charge in [-0.05, 0) is 90.6 Å². The van der Waals surface area contributed by atoms with Crippen LogP contribution in [0.15, 0.2) is 168 Å². The lowest BCUT2D eigenvalue weighted by Gasteiger charge is -2.26. The Kier molecular flexibility index (Phi) is 7.74. The molecule has 1 unspecified atom stereocenters. The molecule has 0 saturated carbocycles. The molecule has 6 aromatic rings. The van der Waals surface area contributed by atoms with Crippen LogP contribution < -0.4 is 9.64 Å². The summed E-state index contributed by atoms with van der Waals surface area (Å²) in [7, 11) is 0. The molecule has 3 heteroatoms. The fourth-order valence-corrected chi connectivity index (χ4v) is 7.70. The molecule has 246 valence electrons. The minimum atomic E-state index is 0.268. The van der Waals surface area contributed by atoms with E-state index in [1.165, 1.54) is 16.7 Å². The van der Waals surface area contributed by atoms with Gasteiger partial charge in [-0.2, -0.15) is 0 Å². The van der Waals surface area contributed by atoms with Crippen LogP contribution in [0.4, 0.5) is 17.1 Å². The van der Waals surface area contributed by atoms with Gasteiger partial charge in [-0.25, -0.2) is 0 Å². The lowest BCUT2D eigenvalue weighted by Crippen LogP contribution is -2.10. The highest BCUT2D eigenvalue weighted by molar-refractivity contribution is 5.99. The fourth-order valence-electron chi connectivity index (χ4n) is 7.70. The molecule has 9 rings (SSSR count). The van der Waals surface area contributed by atoms with E-state index in [9.17, 15) is 0 Å². The van der Waals surface area contributed by atoms with Gasteiger partial charge in [0.2, 0.25) is 0 Å². The number of furan rings is 1. The number of rotatable bonds is 8. The van der Waals surface area contributed by atoms with E-state index in [1.807, 2.05) is 19.1 Å². The van der Waals surface area contributed by atoms with Crippen molar-refractivity contribution in [3.63, 3.8) is 0 Å². The predicted molar refractivity (Wildman–Crippen MR) is 213 cm³/mol. The van der Waals surface area contributed by atoms with Crippen molar-refractivity contribution in [3.05, 3.63) is 192 Å². The number of allylic oxidation sites excluding steroid dienone is 9. The monoisotopic (exact) mass is 659 g/mol. The average Bonchev–Trinajstić information content (AvgIpc) is 3.94. The summed E-state index contributed by atoms with van der Waals surface area (Å²) >= 11 is 0. The van der Waals surface area contributed by atoms with Crippen LogP contribution >= 0.6 is 0 Å². The van der Waals surface area contributed by atoms with E-state index >= 15 is 0 Å². The summed E-state index contributed by atoms with van der Waals surface area (Å²) in [5.74, 6) is 3.08. The van der Waals surface area contributed by atoms with Crippen molar-refractivity contribution >= 4 is 51.3 Å². The summed E-state index contributed by atoms with van der Waals surface area (Å²) in [6.45, 7) is 6.01. The molecule has 0 radical (unpaired) electrons. The third kappa shape index (κ3) is 5.39. The van der Waals surface area contributed by atoms with E-state index in [0.717, 1.165) is 86.0 Å². The number of anilines is 3. The largest absolute Gasteiger partial charge is 0.460 e. The molecule has 3 aliphatic rings. The first-order chi connectivity index (χ1) is 25.2. The Morgan fingerprint density at radius 1 is 0.745 bits per heavy atom. The van der Waals surface area contributed by atoms with Crippen LogP contribution in [-0.2, 0) is 0 Å². The minimum Gasteiger partial charge on any atom is -0.460 e. The normalized spacial score (nSPS) is 16.0. The Morgan fingerprint density at radius 3 is 2.14 bits per heavy atom. The first-order valence-electron chi connectivity index (χ1n) is 17.7. The SMILES string of the molecule is C=Cc1oc2c(-c3ccc(N(c4ccc(C5=CC=CC5)cc4)c4ccc(C5=C6Oc7ccccc7C6CC=C5)cc4)cc3)cccc2c1/C=C\C. The standard InChI is InChI=1S/C48H37NO2/c1-3-11-41-43-17-9-15-39(47(43)50-45(41)4-2)34-22-28-37(29-23-34)49(36-26-20-33(21-27-36)32-12-5-6-13-32)38-30-24-35(25-31-38)40-16-10-18-44-42-14-7-8-19-46(42)51-48(40)44/h3-12,14-17,19-31,44H,2,13,18H2,1H3/b11-3-. The predicted octanol–water partition coefficient (Wildman–Crippen LogP) is 13.4. The van der Waals surface area contributed by atoms with Gasteiger partial charge in [0.05, 0.1) is 0 Å². The summed E-state index contributed by atoms with van der Waals surface area (Å²) in [6.07, 6.45) is 18.9. The van der Waals surface area contributed by atoms with E-state index in [2.05, 4.69) is 157 Å². The third-order valence-electron chi connectivity index (χ3n) is 10.2. The molecule has 5 aromatic carbocycles. The molecule has 2 aliphatic carbocycles. The molecule has 0 spiro atoms. The molecule has 0 amide bonds. The molecule has 0 N–H and O–H groups in total. The van der Waals surface area contributed by atoms with Crippen molar-refractivity contribution in [2.45, 2.75) is 25.7 Å². The fraction of sp³-hybridized carbons (Fsp3) is 0.0833. The number of hydrogen-bond acceptors (Lipinski definition) is 3. The Labute approximate surface area is 299 Å². The van der Waals surface area contributed by atoms with Crippen molar-refractivity contribution < 1.29 is 9.15 Å². The van der Waals surface area contributed by atoms with Crippen LogP contribution in [0.25, 0.3) is 45.4 Å². The lowest BCUT2D eigenvalue weighted by atomic mass is 9.87. The lowest BCUT2D eigenvalue weighted by molar-refractivity contribution is 0.429. The number of nitrogens with zero attached hydrogens (tertiary/aromatic N) is 1. The summed E-state index contributed by atoms with van der Waals surface area (Å²) in [4.78, 5) is 2.32. The van der Waals surface area contributed by atoms with Gasteiger partial charge in [-0.1, -0.05) is 122 Å². The summed E-state index contributed by atoms with van der Waals surface area (Å²) in [5, 5.41) is 1.08. The molecule has 3 nitrogen and oxygen atoms in total. The first-order valence-corrected chi connectivity index (χ1v) is 17.7. The zero-order valence-electron chi connectivity index (χ0n) is 28.6. The number of para-hydroxylation sites is 2. The van der Waals surface area contributed by atoms with Gasteiger partial charge < -0.3 is 14.1 Å². The van der Waals surface area contributed by atoms with Crippen LogP contribution in [0.2, 0.25) is 0 Å². The molecule has 51 heavy (non-hydrogen) atoms. The van der Waals surface area contributed by atoms with Crippen LogP contribution in [0.3, 0.4) is 0 Å². The van der Waals surface area contributed by atoms with Crippen LogP contribution in [0, 0.1) is 0 Å². The molecule has 1 aromatic heterocycles. The minimum absolute atomic E-state index is 0.268. The Balaban J connectivity index is 1.09. The number of hydrogen-bond donors (Lipinski definition) is 0. The maximum atomic E-state index is 6.44. The summed E-state index contributed by atoms with van der Waals surface area (Å²) < 4.78 is 12.8. The Bertz CT molecular complexity index is 2450. The smallest absolute Gasteiger partial charge is 0.143 e. The Hall–Kier alpha value is -6.32. The van der Waals surface area contributed by atoms with Crippen molar-refractivity contribution in [2.75, 3.05) is 4.90 Å². The topological polar surface area (TPSA) is 25.6 Å². The zero-order chi connectivity index (χ0) is 34.3. The maximum Gasteiger partial charge on any atom is 0.143 e. The highest BCUT2D eigenvalue weighted by Gasteiger charge is 2.32. The highest BCUT2D eigenvalue weighted by atomic mass is 16.5. The molecule has 2 heterocycles. The van der Waals surface area contributed by atoms with Gasteiger partial charge in [-0.3, -0.25) is 0 Å². The molecular formula is C48H37NO2. The first kappa shape index (κ1) is 30.7. The quantitative estimate of drug-likeness (QED) is 0.163. The van der Waals surface area contributed by atoms with Gasteiger partial charge in [0.1, 0.15) is 22.9 Å². The number of benzene rings is 5. The van der Waals surface area contributed by atoms with Gasteiger partial charge >= 0.3 is 0 Å². The van der Waals surface area contributed by atoms with Gasteiger partial charge in [0.15, 0.2) is 0 Å². The average molecular weight is 660 g/mol. The molecule has 0 fully saturated rings. The van der Waals surface area contributed by atoms with E-state index in [1.54, 1.807) is 6.08 Å². The molecule has 0 saturated heterocycles. The van der Waals surface area contributed by atoms with Gasteiger partial charge in [-0.15, -0.1) is 0 Å². The van der Waals surface area contributed by atoms with Crippen molar-refractivity contribution in [1.82, 2.24) is 0 Å². The maximum absolute atomic E-state index is 6.44. The zero-order valence-corrected chi connectivity index (χ0v) is 28.6. The summed E-state index contributed by atoms with van der Waals surface area (Å²) in [6, 6.07) is 41.3. The van der Waals surface area contributed by atoms with E-state index in [4.69, 9.17) is 9.15 Å². The van der Waals surface area contributed by atoms with Crippen molar-refractivity contribution in [1.29, 1.82) is 0 Å². The van der Waals surface area contributed by atoms with Gasteiger partial charge in [0.25, 0.3) is 0 Å². The van der Waals surface area contributed by atoms with E-state index in [-0.39, 0.29) is 5.92 Å². The summed E-state index contributed by atoms with van der Waals surface area (Å²) in [5.41, 5.74) is 13.5. The second kappa shape index (κ2) is 12.9. The second-order valence-corrected chi connectivity index (χ2v) is 13.2. The van der Waals surface area contributed by atoms with Crippen LogP contribution in [0.5, 0.6) is 5.75 Å². The molecular weight excluding hydrogens is 623 g/mol. The third-order valence-corrected chi connectivity index (χ3v) is 10.2. The Morgan fingerprint density at radius 2 is 1.45 bits per heavy atom. The van der Waals surface area contributed by atoms with Crippen LogP contribution in [0.1, 0.15) is 53.7 Å². The molecule has 0 bridgehead atoms. The highest BCUT2D eigenvalue weighted by Crippen LogP contribution is 2.48. The van der Waals surface area contributed by atoms with E-state index in [0.29, 0.717) is 0 Å². The van der Waals surface area contributed by atoms with Crippen LogP contribution in [-0.4, -0.2) is 0 Å². The van der Waals surface area contributed by atoms with E-state index < -0.39 is 0 Å². The number of ether oxygens (including phenoxy) is 1. The number of fused-ring (bicyclic) bond motifs is 4. The molecule has 1 aliphatic heterocycles. The van der Waals surface area contributed by atoms with Crippen molar-refractivity contribution in [3.8, 4) is 16.9 Å².